The van der Waals surface area contributed by atoms with E-state index in [0.29, 0.717) is 20.9 Å². The van der Waals surface area contributed by atoms with Gasteiger partial charge in [0.1, 0.15) is 0 Å². The number of benzene rings is 1. The van der Waals surface area contributed by atoms with Crippen LogP contribution < -0.4 is 10.6 Å². The van der Waals surface area contributed by atoms with Gasteiger partial charge in [-0.1, -0.05) is 34.5 Å². The van der Waals surface area contributed by atoms with Gasteiger partial charge in [0.15, 0.2) is 0 Å². The lowest BCUT2D eigenvalue weighted by Gasteiger charge is -2.05. The molecule has 94 valence electrons. The topological polar surface area (TPSA) is 66.9 Å². The zero-order valence-electron chi connectivity index (χ0n) is 9.20. The number of carbonyl (C=O) groups excluding carboxylic acids is 1. The number of hydrogen-bond acceptors (Lipinski definition) is 5. The fraction of sp³-hybridized carbons (Fsp3) is 0.100. The Morgan fingerprint density at radius 3 is 2.78 bits per heavy atom. The SMILES string of the molecule is CNc1nnc(C(=O)Nc2cc(Cl)ccc2Cl)s1. The Morgan fingerprint density at radius 1 is 1.33 bits per heavy atom. The third kappa shape index (κ3) is 2.90. The molecule has 1 amide bonds. The highest BCUT2D eigenvalue weighted by Gasteiger charge is 2.14. The number of amides is 1. The first-order valence-corrected chi connectivity index (χ1v) is 6.45. The third-order valence-corrected chi connectivity index (χ3v) is 3.51. The van der Waals surface area contributed by atoms with Crippen LogP contribution in [-0.4, -0.2) is 23.2 Å². The van der Waals surface area contributed by atoms with Gasteiger partial charge in [-0.2, -0.15) is 0 Å². The van der Waals surface area contributed by atoms with Gasteiger partial charge < -0.3 is 10.6 Å². The Morgan fingerprint density at radius 2 is 2.11 bits per heavy atom. The van der Waals surface area contributed by atoms with Gasteiger partial charge in [-0.05, 0) is 18.2 Å². The molecule has 0 fully saturated rings. The maximum absolute atomic E-state index is 11.9. The van der Waals surface area contributed by atoms with Gasteiger partial charge in [0.25, 0.3) is 5.91 Å². The van der Waals surface area contributed by atoms with Gasteiger partial charge in [-0.25, -0.2) is 0 Å². The Bertz CT molecular complexity index is 587. The lowest BCUT2D eigenvalue weighted by Crippen LogP contribution is -2.11. The molecular formula is C10H8Cl2N4OS. The van der Waals surface area contributed by atoms with Crippen LogP contribution in [0.1, 0.15) is 9.80 Å². The molecule has 1 heterocycles. The van der Waals surface area contributed by atoms with Crippen LogP contribution in [0, 0.1) is 0 Å². The van der Waals surface area contributed by atoms with E-state index in [1.165, 1.54) is 0 Å². The van der Waals surface area contributed by atoms with E-state index in [0.717, 1.165) is 11.3 Å². The minimum absolute atomic E-state index is 0.246. The minimum Gasteiger partial charge on any atom is -0.363 e. The number of anilines is 2. The maximum Gasteiger partial charge on any atom is 0.286 e. The number of rotatable bonds is 3. The lowest BCUT2D eigenvalue weighted by atomic mass is 10.3. The van der Waals surface area contributed by atoms with Crippen LogP contribution in [0.5, 0.6) is 0 Å². The van der Waals surface area contributed by atoms with E-state index in [-0.39, 0.29) is 10.9 Å². The Labute approximate surface area is 117 Å². The molecule has 2 rings (SSSR count). The fourth-order valence-electron chi connectivity index (χ4n) is 1.19. The second-order valence-electron chi connectivity index (χ2n) is 3.24. The molecule has 0 aliphatic carbocycles. The van der Waals surface area contributed by atoms with Crippen LogP contribution in [-0.2, 0) is 0 Å². The largest absolute Gasteiger partial charge is 0.363 e. The van der Waals surface area contributed by atoms with Gasteiger partial charge >= 0.3 is 0 Å². The quantitative estimate of drug-likeness (QED) is 0.914. The van der Waals surface area contributed by atoms with Crippen molar-refractivity contribution >= 4 is 51.3 Å². The highest BCUT2D eigenvalue weighted by Crippen LogP contribution is 2.26. The summed E-state index contributed by atoms with van der Waals surface area (Å²) in [5, 5.41) is 14.7. The molecule has 1 aromatic heterocycles. The van der Waals surface area contributed by atoms with Crippen LogP contribution in [0.25, 0.3) is 0 Å². The van der Waals surface area contributed by atoms with Crippen LogP contribution in [0.15, 0.2) is 18.2 Å². The number of carbonyl (C=O) groups is 1. The lowest BCUT2D eigenvalue weighted by molar-refractivity contribution is 0.102. The van der Waals surface area contributed by atoms with Crippen molar-refractivity contribution in [3.05, 3.63) is 33.3 Å². The smallest absolute Gasteiger partial charge is 0.286 e. The molecule has 0 aliphatic heterocycles. The molecule has 0 radical (unpaired) electrons. The number of aromatic nitrogens is 2. The highest BCUT2D eigenvalue weighted by molar-refractivity contribution is 7.17. The van der Waals surface area contributed by atoms with Gasteiger partial charge in [-0.3, -0.25) is 4.79 Å². The molecule has 2 N–H and O–H groups in total. The molecule has 0 spiro atoms. The van der Waals surface area contributed by atoms with Crippen LogP contribution >= 0.6 is 34.5 Å². The number of nitrogens with one attached hydrogen (secondary N) is 2. The second-order valence-corrected chi connectivity index (χ2v) is 5.06. The van der Waals surface area contributed by atoms with Crippen LogP contribution in [0.3, 0.4) is 0 Å². The third-order valence-electron chi connectivity index (χ3n) is 2.01. The van der Waals surface area contributed by atoms with Crippen LogP contribution in [0.4, 0.5) is 10.8 Å². The molecule has 0 saturated heterocycles. The fourth-order valence-corrected chi connectivity index (χ4v) is 2.11. The highest BCUT2D eigenvalue weighted by atomic mass is 35.5. The molecule has 8 heteroatoms. The molecule has 18 heavy (non-hydrogen) atoms. The average Bonchev–Trinajstić information content (AvgIpc) is 2.82. The molecule has 0 saturated carbocycles. The summed E-state index contributed by atoms with van der Waals surface area (Å²) in [6.07, 6.45) is 0. The maximum atomic E-state index is 11.9. The molecule has 1 aromatic carbocycles. The summed E-state index contributed by atoms with van der Waals surface area (Å²) in [7, 11) is 1.70. The molecular weight excluding hydrogens is 295 g/mol. The van der Waals surface area contributed by atoms with Gasteiger partial charge in [0, 0.05) is 12.1 Å². The average molecular weight is 303 g/mol. The normalized spacial score (nSPS) is 10.2. The predicted octanol–water partition coefficient (Wildman–Crippen LogP) is 3.14. The van der Waals surface area contributed by atoms with E-state index >= 15 is 0 Å². The summed E-state index contributed by atoms with van der Waals surface area (Å²) in [5.41, 5.74) is 0.440. The van der Waals surface area contributed by atoms with E-state index < -0.39 is 0 Å². The molecule has 0 bridgehead atoms. The van der Waals surface area contributed by atoms with Crippen molar-refractivity contribution in [3.8, 4) is 0 Å². The van der Waals surface area contributed by atoms with E-state index in [1.54, 1.807) is 25.2 Å². The summed E-state index contributed by atoms with van der Waals surface area (Å²) < 4.78 is 0. The Hall–Kier alpha value is -1.37. The summed E-state index contributed by atoms with van der Waals surface area (Å²) in [5.74, 6) is -0.377. The van der Waals surface area contributed by atoms with Crippen molar-refractivity contribution in [3.63, 3.8) is 0 Å². The first-order chi connectivity index (χ1) is 8.60. The molecule has 5 nitrogen and oxygen atoms in total. The molecule has 0 atom stereocenters. The number of hydrogen-bond donors (Lipinski definition) is 2. The zero-order chi connectivity index (χ0) is 13.1. The van der Waals surface area contributed by atoms with E-state index in [2.05, 4.69) is 20.8 Å². The predicted molar refractivity (Wildman–Crippen MR) is 73.9 cm³/mol. The van der Waals surface area contributed by atoms with E-state index in [1.807, 2.05) is 0 Å². The van der Waals surface area contributed by atoms with Gasteiger partial charge in [-0.15, -0.1) is 10.2 Å². The summed E-state index contributed by atoms with van der Waals surface area (Å²) in [6.45, 7) is 0. The second kappa shape index (κ2) is 5.51. The summed E-state index contributed by atoms with van der Waals surface area (Å²) in [6, 6.07) is 4.82. The monoisotopic (exact) mass is 302 g/mol. The number of halogens is 2. The van der Waals surface area contributed by atoms with Crippen molar-refractivity contribution in [1.82, 2.24) is 10.2 Å². The Balaban J connectivity index is 2.18. The molecule has 0 unspecified atom stereocenters. The first-order valence-electron chi connectivity index (χ1n) is 4.88. The zero-order valence-corrected chi connectivity index (χ0v) is 11.5. The summed E-state index contributed by atoms with van der Waals surface area (Å²) >= 11 is 12.9. The number of nitrogens with zero attached hydrogens (tertiary/aromatic N) is 2. The van der Waals surface area contributed by atoms with Crippen molar-refractivity contribution in [1.29, 1.82) is 0 Å². The van der Waals surface area contributed by atoms with E-state index in [4.69, 9.17) is 23.2 Å². The molecule has 0 aliphatic rings. The standard InChI is InChI=1S/C10H8Cl2N4OS/c1-13-10-16-15-9(18-10)8(17)14-7-4-5(11)2-3-6(7)12/h2-4H,1H3,(H,13,16)(H,14,17). The van der Waals surface area contributed by atoms with Crippen molar-refractivity contribution in [2.45, 2.75) is 0 Å². The van der Waals surface area contributed by atoms with Crippen LogP contribution in [0.2, 0.25) is 10.0 Å². The first kappa shape index (κ1) is 13.1. The van der Waals surface area contributed by atoms with Gasteiger partial charge in [0.05, 0.1) is 10.7 Å². The van der Waals surface area contributed by atoms with Crippen molar-refractivity contribution < 1.29 is 4.79 Å². The van der Waals surface area contributed by atoms with Gasteiger partial charge in [0.2, 0.25) is 10.1 Å². The Kier molecular flexibility index (Phi) is 4.00. The summed E-state index contributed by atoms with van der Waals surface area (Å²) in [4.78, 5) is 11.9. The minimum atomic E-state index is -0.377. The van der Waals surface area contributed by atoms with E-state index in [9.17, 15) is 4.79 Å². The van der Waals surface area contributed by atoms with Crippen molar-refractivity contribution in [2.75, 3.05) is 17.7 Å². The van der Waals surface area contributed by atoms with Crippen molar-refractivity contribution in [2.24, 2.45) is 0 Å². The molecule has 2 aromatic rings.